The van der Waals surface area contributed by atoms with Crippen molar-refractivity contribution in [1.29, 1.82) is 0 Å². The second kappa shape index (κ2) is 5.72. The van der Waals surface area contributed by atoms with Crippen LogP contribution in [-0.4, -0.2) is 22.5 Å². The van der Waals surface area contributed by atoms with Crippen LogP contribution in [0.2, 0.25) is 0 Å². The van der Waals surface area contributed by atoms with Gasteiger partial charge in [0.1, 0.15) is 0 Å². The first kappa shape index (κ1) is 14.0. The first-order valence-corrected chi connectivity index (χ1v) is 7.45. The molecular weight excluding hydrogens is 294 g/mol. The number of nitrogens with two attached hydrogens (primary N) is 1. The van der Waals surface area contributed by atoms with Crippen LogP contribution in [0.3, 0.4) is 0 Å². The summed E-state index contributed by atoms with van der Waals surface area (Å²) in [5.74, 6) is 0.389. The molecule has 1 aliphatic rings. The van der Waals surface area contributed by atoms with Crippen LogP contribution in [0.4, 0.5) is 0 Å². The molecule has 0 aromatic carbocycles. The van der Waals surface area contributed by atoms with E-state index in [4.69, 9.17) is 10.5 Å². The molecule has 1 aromatic heterocycles. The maximum atomic E-state index is 6.48. The monoisotopic (exact) mass is 315 g/mol. The maximum absolute atomic E-state index is 6.48. The molecule has 18 heavy (non-hydrogen) atoms. The van der Waals surface area contributed by atoms with Gasteiger partial charge in [-0.15, -0.1) is 0 Å². The predicted octanol–water partition coefficient (Wildman–Crippen LogP) is 3.04. The van der Waals surface area contributed by atoms with Crippen LogP contribution in [0, 0.1) is 5.92 Å². The summed E-state index contributed by atoms with van der Waals surface area (Å²) in [5.41, 5.74) is 7.58. The summed E-state index contributed by atoms with van der Waals surface area (Å²) in [7, 11) is 0. The van der Waals surface area contributed by atoms with Crippen molar-refractivity contribution in [2.75, 3.05) is 6.61 Å². The molecule has 1 aliphatic heterocycles. The van der Waals surface area contributed by atoms with Crippen LogP contribution in [0.1, 0.15) is 51.4 Å². The minimum Gasteiger partial charge on any atom is -0.378 e. The van der Waals surface area contributed by atoms with Crippen molar-refractivity contribution in [3.8, 4) is 0 Å². The molecule has 2 rings (SSSR count). The van der Waals surface area contributed by atoms with E-state index in [1.807, 2.05) is 10.9 Å². The van der Waals surface area contributed by atoms with Gasteiger partial charge < -0.3 is 10.5 Å². The lowest BCUT2D eigenvalue weighted by Crippen LogP contribution is -2.30. The summed E-state index contributed by atoms with van der Waals surface area (Å²) >= 11 is 3.57. The first-order valence-electron chi connectivity index (χ1n) is 6.66. The van der Waals surface area contributed by atoms with E-state index in [2.05, 4.69) is 41.8 Å². The lowest BCUT2D eigenvalue weighted by Gasteiger charge is -2.25. The molecule has 1 fully saturated rings. The van der Waals surface area contributed by atoms with Crippen molar-refractivity contribution in [2.24, 2.45) is 11.7 Å². The molecule has 2 N–H and O–H groups in total. The number of hydrogen-bond acceptors (Lipinski definition) is 3. The van der Waals surface area contributed by atoms with Gasteiger partial charge in [-0.1, -0.05) is 6.92 Å². The average molecular weight is 316 g/mol. The fraction of sp³-hybridized carbons (Fsp3) is 0.769. The zero-order valence-electron chi connectivity index (χ0n) is 11.3. The zero-order chi connectivity index (χ0) is 13.3. The summed E-state index contributed by atoms with van der Waals surface area (Å²) in [6, 6.07) is 0.302. The SMILES string of the molecule is CCC1OCCC1C(N)c1c(Br)cnn1C(C)C. The van der Waals surface area contributed by atoms with Crippen LogP contribution in [0.5, 0.6) is 0 Å². The number of rotatable bonds is 4. The third kappa shape index (κ3) is 2.49. The summed E-state index contributed by atoms with van der Waals surface area (Å²) in [4.78, 5) is 0. The summed E-state index contributed by atoms with van der Waals surface area (Å²) in [6.45, 7) is 7.23. The van der Waals surface area contributed by atoms with Crippen LogP contribution >= 0.6 is 15.9 Å². The highest BCUT2D eigenvalue weighted by Gasteiger charge is 2.35. The van der Waals surface area contributed by atoms with Gasteiger partial charge in [-0.25, -0.2) is 0 Å². The molecule has 5 heteroatoms. The summed E-state index contributed by atoms with van der Waals surface area (Å²) in [5, 5.41) is 4.41. The van der Waals surface area contributed by atoms with Gasteiger partial charge in [-0.3, -0.25) is 4.68 Å². The number of aromatic nitrogens is 2. The Morgan fingerprint density at radius 2 is 2.33 bits per heavy atom. The largest absolute Gasteiger partial charge is 0.378 e. The highest BCUT2D eigenvalue weighted by molar-refractivity contribution is 9.10. The third-order valence-corrected chi connectivity index (χ3v) is 4.33. The number of halogens is 1. The molecular formula is C13H22BrN3O. The van der Waals surface area contributed by atoms with Crippen LogP contribution in [-0.2, 0) is 4.74 Å². The van der Waals surface area contributed by atoms with Crippen LogP contribution in [0.25, 0.3) is 0 Å². The quantitative estimate of drug-likeness (QED) is 0.929. The fourth-order valence-corrected chi connectivity index (χ4v) is 3.31. The van der Waals surface area contributed by atoms with E-state index in [-0.39, 0.29) is 12.1 Å². The molecule has 3 unspecified atom stereocenters. The van der Waals surface area contributed by atoms with Crippen LogP contribution in [0.15, 0.2) is 10.7 Å². The third-order valence-electron chi connectivity index (χ3n) is 3.72. The van der Waals surface area contributed by atoms with Gasteiger partial charge in [0.2, 0.25) is 0 Å². The molecule has 2 heterocycles. The standard InChI is InChI=1S/C13H22BrN3O/c1-4-11-9(5-6-18-11)12(15)13-10(14)7-16-17(13)8(2)3/h7-9,11-12H,4-6,15H2,1-3H3. The molecule has 3 atom stereocenters. The second-order valence-electron chi connectivity index (χ2n) is 5.21. The Morgan fingerprint density at radius 1 is 1.61 bits per heavy atom. The minimum absolute atomic E-state index is 0.0169. The molecule has 1 saturated heterocycles. The Kier molecular flexibility index (Phi) is 4.45. The van der Waals surface area contributed by atoms with E-state index in [0.717, 1.165) is 29.6 Å². The zero-order valence-corrected chi connectivity index (χ0v) is 12.9. The normalized spacial score (nSPS) is 25.9. The van der Waals surface area contributed by atoms with Crippen molar-refractivity contribution >= 4 is 15.9 Å². The van der Waals surface area contributed by atoms with Gasteiger partial charge in [0.15, 0.2) is 0 Å². The highest BCUT2D eigenvalue weighted by atomic mass is 79.9. The van der Waals surface area contributed by atoms with Crippen molar-refractivity contribution < 1.29 is 4.74 Å². The van der Waals surface area contributed by atoms with Gasteiger partial charge in [-0.05, 0) is 42.6 Å². The topological polar surface area (TPSA) is 53.1 Å². The highest BCUT2D eigenvalue weighted by Crippen LogP contribution is 2.36. The van der Waals surface area contributed by atoms with Crippen LogP contribution < -0.4 is 5.73 Å². The molecule has 0 bridgehead atoms. The lowest BCUT2D eigenvalue weighted by molar-refractivity contribution is 0.0803. The van der Waals surface area contributed by atoms with Gasteiger partial charge in [0.05, 0.1) is 28.5 Å². The number of nitrogens with zero attached hydrogens (tertiary/aromatic N) is 2. The Balaban J connectivity index is 2.27. The molecule has 0 aliphatic carbocycles. The van der Waals surface area contributed by atoms with E-state index >= 15 is 0 Å². The van der Waals surface area contributed by atoms with Gasteiger partial charge in [-0.2, -0.15) is 5.10 Å². The number of ether oxygens (including phenoxy) is 1. The summed E-state index contributed by atoms with van der Waals surface area (Å²) < 4.78 is 8.77. The minimum atomic E-state index is -0.0169. The molecule has 102 valence electrons. The lowest BCUT2D eigenvalue weighted by atomic mass is 9.90. The Hall–Kier alpha value is -0.390. The second-order valence-corrected chi connectivity index (χ2v) is 6.07. The molecule has 4 nitrogen and oxygen atoms in total. The smallest absolute Gasteiger partial charge is 0.0700 e. The first-order chi connectivity index (χ1) is 8.56. The van der Waals surface area contributed by atoms with E-state index < -0.39 is 0 Å². The van der Waals surface area contributed by atoms with E-state index in [1.54, 1.807) is 0 Å². The Labute approximate surface area is 117 Å². The summed E-state index contributed by atoms with van der Waals surface area (Å²) in [6.07, 6.45) is 4.18. The number of hydrogen-bond donors (Lipinski definition) is 1. The van der Waals surface area contributed by atoms with E-state index in [1.165, 1.54) is 0 Å². The van der Waals surface area contributed by atoms with Crippen molar-refractivity contribution in [2.45, 2.75) is 51.8 Å². The van der Waals surface area contributed by atoms with E-state index in [9.17, 15) is 0 Å². The van der Waals surface area contributed by atoms with Crippen molar-refractivity contribution in [1.82, 2.24) is 9.78 Å². The van der Waals surface area contributed by atoms with E-state index in [0.29, 0.717) is 12.0 Å². The molecule has 0 amide bonds. The van der Waals surface area contributed by atoms with Gasteiger partial charge in [0.25, 0.3) is 0 Å². The van der Waals surface area contributed by atoms with Gasteiger partial charge >= 0.3 is 0 Å². The fourth-order valence-electron chi connectivity index (χ4n) is 2.77. The van der Waals surface area contributed by atoms with Crippen molar-refractivity contribution in [3.05, 3.63) is 16.4 Å². The predicted molar refractivity (Wildman–Crippen MR) is 75.4 cm³/mol. The maximum Gasteiger partial charge on any atom is 0.0700 e. The Bertz CT molecular complexity index is 405. The van der Waals surface area contributed by atoms with Gasteiger partial charge in [0, 0.05) is 18.6 Å². The average Bonchev–Trinajstić information content (AvgIpc) is 2.93. The molecule has 0 spiro atoms. The molecule has 0 radical (unpaired) electrons. The van der Waals surface area contributed by atoms with Crippen molar-refractivity contribution in [3.63, 3.8) is 0 Å². The molecule has 0 saturated carbocycles. The molecule has 1 aromatic rings. The Morgan fingerprint density at radius 3 is 2.94 bits per heavy atom.